The van der Waals surface area contributed by atoms with Crippen molar-refractivity contribution < 1.29 is 4.57 Å². The van der Waals surface area contributed by atoms with Crippen LogP contribution in [0.4, 0.5) is 0 Å². The zero-order chi connectivity index (χ0) is 18.0. The fourth-order valence-electron chi connectivity index (χ4n) is 4.08. The molecule has 0 bridgehead atoms. The molecule has 0 aromatic heterocycles. The quantitative estimate of drug-likeness (QED) is 0.579. The van der Waals surface area contributed by atoms with E-state index in [1.807, 2.05) is 0 Å². The number of rotatable bonds is 5. The van der Waals surface area contributed by atoms with Crippen molar-refractivity contribution in [3.05, 3.63) is 76.9 Å². The third-order valence-corrected chi connectivity index (χ3v) is 9.27. The van der Waals surface area contributed by atoms with Gasteiger partial charge in [-0.2, -0.15) is 0 Å². The van der Waals surface area contributed by atoms with Gasteiger partial charge in [0.15, 0.2) is 7.29 Å². The molecular weight excluding hydrogens is 325 g/mol. The van der Waals surface area contributed by atoms with Crippen molar-refractivity contribution in [3.8, 4) is 0 Å². The molecular formula is C22H28NOP. The standard InChI is InChI=1S/C22H28NOP/c1-5-23(6-2)25(24)21(19-13-9-7-11-17(19)3)15-16-22(25)20-14-10-8-12-18(20)4/h7-15,22H,5-6,16H2,1-4H3/t22-,25+/m1/s1. The number of aryl methyl sites for hydroxylation is 2. The summed E-state index contributed by atoms with van der Waals surface area (Å²) in [4.78, 5) is 0. The molecule has 0 aliphatic carbocycles. The molecule has 0 unspecified atom stereocenters. The molecule has 1 heterocycles. The summed E-state index contributed by atoms with van der Waals surface area (Å²) in [5, 5.41) is 1.06. The van der Waals surface area contributed by atoms with E-state index in [1.165, 1.54) is 16.7 Å². The van der Waals surface area contributed by atoms with Crippen LogP contribution in [0.2, 0.25) is 0 Å². The van der Waals surface area contributed by atoms with Gasteiger partial charge in [-0.05, 0) is 42.5 Å². The minimum absolute atomic E-state index is 0.0585. The van der Waals surface area contributed by atoms with Gasteiger partial charge in [0.2, 0.25) is 0 Å². The van der Waals surface area contributed by atoms with Crippen LogP contribution >= 0.6 is 7.29 Å². The highest BCUT2D eigenvalue weighted by Gasteiger charge is 2.46. The zero-order valence-electron chi connectivity index (χ0n) is 15.7. The van der Waals surface area contributed by atoms with E-state index < -0.39 is 7.29 Å². The molecule has 0 N–H and O–H groups in total. The van der Waals surface area contributed by atoms with E-state index in [0.29, 0.717) is 0 Å². The molecule has 0 amide bonds. The van der Waals surface area contributed by atoms with Gasteiger partial charge in [-0.3, -0.25) is 0 Å². The molecule has 0 radical (unpaired) electrons. The van der Waals surface area contributed by atoms with Gasteiger partial charge in [-0.1, -0.05) is 68.5 Å². The Hall–Kier alpha value is -1.63. The fourth-order valence-corrected chi connectivity index (χ4v) is 7.97. The molecule has 3 rings (SSSR count). The van der Waals surface area contributed by atoms with Gasteiger partial charge in [-0.25, -0.2) is 4.67 Å². The SMILES string of the molecule is CCN(CC)[P@]1(=O)C(c2ccccc2C)=CC[C@@H]1c1ccccc1C. The summed E-state index contributed by atoms with van der Waals surface area (Å²) in [6.07, 6.45) is 3.08. The van der Waals surface area contributed by atoms with Gasteiger partial charge >= 0.3 is 0 Å². The summed E-state index contributed by atoms with van der Waals surface area (Å²) < 4.78 is 16.8. The summed E-state index contributed by atoms with van der Waals surface area (Å²) in [5.74, 6) is 0. The predicted octanol–water partition coefficient (Wildman–Crippen LogP) is 6.41. The Balaban J connectivity index is 2.17. The maximum atomic E-state index is 14.6. The van der Waals surface area contributed by atoms with Crippen molar-refractivity contribution in [2.24, 2.45) is 0 Å². The Morgan fingerprint density at radius 2 is 1.56 bits per heavy atom. The van der Waals surface area contributed by atoms with E-state index in [0.717, 1.165) is 30.4 Å². The molecule has 0 fully saturated rings. The number of benzene rings is 2. The van der Waals surface area contributed by atoms with Gasteiger partial charge < -0.3 is 4.57 Å². The van der Waals surface area contributed by atoms with E-state index in [9.17, 15) is 4.57 Å². The van der Waals surface area contributed by atoms with Crippen LogP contribution in [0.5, 0.6) is 0 Å². The topological polar surface area (TPSA) is 20.3 Å². The van der Waals surface area contributed by atoms with E-state index in [-0.39, 0.29) is 5.66 Å². The van der Waals surface area contributed by atoms with Crippen molar-refractivity contribution in [1.82, 2.24) is 4.67 Å². The number of nitrogens with zero attached hydrogens (tertiary/aromatic N) is 1. The minimum Gasteiger partial charge on any atom is -0.301 e. The number of hydrogen-bond acceptors (Lipinski definition) is 1. The van der Waals surface area contributed by atoms with Crippen molar-refractivity contribution in [1.29, 1.82) is 0 Å². The summed E-state index contributed by atoms with van der Waals surface area (Å²) in [6, 6.07) is 16.8. The Kier molecular flexibility index (Phi) is 5.32. The van der Waals surface area contributed by atoms with Crippen LogP contribution < -0.4 is 0 Å². The molecule has 0 spiro atoms. The van der Waals surface area contributed by atoms with Crippen molar-refractivity contribution in [3.63, 3.8) is 0 Å². The molecule has 0 saturated carbocycles. The van der Waals surface area contributed by atoms with E-state index in [2.05, 4.69) is 87.0 Å². The molecule has 2 nitrogen and oxygen atoms in total. The normalized spacial score (nSPS) is 23.1. The first-order chi connectivity index (χ1) is 12.0. The van der Waals surface area contributed by atoms with Crippen LogP contribution in [0.1, 0.15) is 48.2 Å². The summed E-state index contributed by atoms with van der Waals surface area (Å²) >= 11 is 0. The fraction of sp³-hybridized carbons (Fsp3) is 0.364. The predicted molar refractivity (Wildman–Crippen MR) is 108 cm³/mol. The lowest BCUT2D eigenvalue weighted by Gasteiger charge is -2.35. The maximum Gasteiger partial charge on any atom is 0.186 e. The first kappa shape index (κ1) is 18.2. The molecule has 2 aromatic rings. The third-order valence-electron chi connectivity index (χ3n) is 5.42. The first-order valence-electron chi connectivity index (χ1n) is 9.21. The molecule has 2 atom stereocenters. The second kappa shape index (κ2) is 7.32. The lowest BCUT2D eigenvalue weighted by atomic mass is 10.0. The molecule has 1 aliphatic rings. The van der Waals surface area contributed by atoms with Gasteiger partial charge in [-0.15, -0.1) is 0 Å². The smallest absolute Gasteiger partial charge is 0.186 e. The van der Waals surface area contributed by atoms with Crippen molar-refractivity contribution in [2.75, 3.05) is 13.1 Å². The second-order valence-corrected chi connectivity index (χ2v) is 9.69. The first-order valence-corrected chi connectivity index (χ1v) is 10.9. The van der Waals surface area contributed by atoms with Crippen LogP contribution in [0.3, 0.4) is 0 Å². The molecule has 25 heavy (non-hydrogen) atoms. The molecule has 2 aromatic carbocycles. The van der Waals surface area contributed by atoms with Crippen molar-refractivity contribution in [2.45, 2.75) is 39.8 Å². The average molecular weight is 353 g/mol. The highest BCUT2D eigenvalue weighted by molar-refractivity contribution is 7.72. The van der Waals surface area contributed by atoms with Gasteiger partial charge in [0, 0.05) is 18.4 Å². The highest BCUT2D eigenvalue weighted by Crippen LogP contribution is 2.75. The Labute approximate surface area is 152 Å². The largest absolute Gasteiger partial charge is 0.301 e. The van der Waals surface area contributed by atoms with Crippen molar-refractivity contribution >= 4 is 12.6 Å². The summed E-state index contributed by atoms with van der Waals surface area (Å²) in [7, 11) is -2.70. The lowest BCUT2D eigenvalue weighted by Crippen LogP contribution is -2.22. The van der Waals surface area contributed by atoms with Crippen LogP contribution in [0, 0.1) is 13.8 Å². The lowest BCUT2D eigenvalue weighted by molar-refractivity contribution is 0.444. The Morgan fingerprint density at radius 3 is 2.16 bits per heavy atom. The van der Waals surface area contributed by atoms with Gasteiger partial charge in [0.05, 0.1) is 5.66 Å². The number of hydrogen-bond donors (Lipinski definition) is 0. The number of allylic oxidation sites excluding steroid dienone is 1. The van der Waals surface area contributed by atoms with E-state index in [4.69, 9.17) is 0 Å². The Bertz CT molecular complexity index is 835. The Morgan fingerprint density at radius 1 is 0.960 bits per heavy atom. The van der Waals surface area contributed by atoms with Crippen LogP contribution in [-0.4, -0.2) is 17.8 Å². The van der Waals surface area contributed by atoms with E-state index in [1.54, 1.807) is 0 Å². The van der Waals surface area contributed by atoms with Gasteiger partial charge in [0.25, 0.3) is 0 Å². The molecule has 3 heteroatoms. The third kappa shape index (κ3) is 3.03. The average Bonchev–Trinajstić information content (AvgIpc) is 2.95. The van der Waals surface area contributed by atoms with Gasteiger partial charge in [0.1, 0.15) is 0 Å². The molecule has 0 saturated heterocycles. The summed E-state index contributed by atoms with van der Waals surface area (Å²) in [6.45, 7) is 10.1. The molecule has 132 valence electrons. The summed E-state index contributed by atoms with van der Waals surface area (Å²) in [5.41, 5.74) is 4.88. The van der Waals surface area contributed by atoms with Crippen LogP contribution in [0.25, 0.3) is 5.31 Å². The van der Waals surface area contributed by atoms with E-state index >= 15 is 0 Å². The second-order valence-electron chi connectivity index (χ2n) is 6.77. The monoisotopic (exact) mass is 353 g/mol. The highest BCUT2D eigenvalue weighted by atomic mass is 31.2. The maximum absolute atomic E-state index is 14.6. The zero-order valence-corrected chi connectivity index (χ0v) is 16.6. The van der Waals surface area contributed by atoms with Crippen LogP contribution in [0.15, 0.2) is 54.6 Å². The molecule has 1 aliphatic heterocycles. The van der Waals surface area contributed by atoms with Crippen LogP contribution in [-0.2, 0) is 4.57 Å². The minimum atomic E-state index is -2.70.